The topological polar surface area (TPSA) is 113 Å². The average molecular weight is 459 g/mol. The zero-order chi connectivity index (χ0) is 21.1. The van der Waals surface area contributed by atoms with Gasteiger partial charge in [0.15, 0.2) is 6.61 Å². The minimum Gasteiger partial charge on any atom is -0.481 e. The van der Waals surface area contributed by atoms with Crippen LogP contribution in [-0.2, 0) is 14.4 Å². The molecular weight excluding hydrogens is 444 g/mol. The third-order valence-electron chi connectivity index (χ3n) is 4.01. The molecule has 0 unspecified atom stereocenters. The number of carboxylic acids is 1. The Balaban J connectivity index is 1.91. The smallest absolute Gasteiger partial charge is 0.341 e. The summed E-state index contributed by atoms with van der Waals surface area (Å²) in [6.07, 6.45) is 1.34. The molecule has 3 rings (SSSR count). The van der Waals surface area contributed by atoms with Crippen LogP contribution in [-0.4, -0.2) is 35.5 Å². The van der Waals surface area contributed by atoms with Gasteiger partial charge in [-0.25, -0.2) is 14.5 Å². The predicted octanol–water partition coefficient (Wildman–Crippen LogP) is 2.89. The molecule has 0 radical (unpaired) electrons. The van der Waals surface area contributed by atoms with Crippen LogP contribution in [0.3, 0.4) is 0 Å². The Morgan fingerprint density at radius 2 is 1.86 bits per heavy atom. The van der Waals surface area contributed by atoms with E-state index in [2.05, 4.69) is 21.2 Å². The maximum atomic E-state index is 12.8. The lowest BCUT2D eigenvalue weighted by atomic mass is 10.1. The van der Waals surface area contributed by atoms with Crippen molar-refractivity contribution in [3.8, 4) is 5.75 Å². The normalized spacial score (nSPS) is 15.4. The van der Waals surface area contributed by atoms with E-state index >= 15 is 0 Å². The second-order valence-electron chi connectivity index (χ2n) is 6.17. The predicted molar refractivity (Wildman–Crippen MR) is 107 cm³/mol. The summed E-state index contributed by atoms with van der Waals surface area (Å²) in [5, 5.41) is 10.8. The fourth-order valence-corrected chi connectivity index (χ4v) is 3.13. The number of carboxylic acid groups (broad SMARTS) is 1. The molecule has 0 bridgehead atoms. The lowest BCUT2D eigenvalue weighted by molar-refractivity contribution is -0.139. The van der Waals surface area contributed by atoms with Gasteiger partial charge in [-0.05, 0) is 58.8 Å². The molecule has 1 aliphatic heterocycles. The fraction of sp³-hybridized carbons (Fsp3) is 0.100. The number of aliphatic carboxylic acids is 1. The highest BCUT2D eigenvalue weighted by molar-refractivity contribution is 9.10. The van der Waals surface area contributed by atoms with Crippen molar-refractivity contribution in [3.63, 3.8) is 0 Å². The number of benzene rings is 2. The molecule has 1 heterocycles. The first-order valence-electron chi connectivity index (χ1n) is 8.38. The lowest BCUT2D eigenvalue weighted by Crippen LogP contribution is -2.54. The maximum Gasteiger partial charge on any atom is 0.341 e. The van der Waals surface area contributed by atoms with Gasteiger partial charge in [0.05, 0.1) is 10.2 Å². The Morgan fingerprint density at radius 1 is 1.17 bits per heavy atom. The molecule has 0 atom stereocenters. The Kier molecular flexibility index (Phi) is 5.79. The first-order chi connectivity index (χ1) is 13.8. The number of barbiturate groups is 1. The Hall–Kier alpha value is -3.46. The van der Waals surface area contributed by atoms with Crippen LogP contribution in [0.2, 0.25) is 0 Å². The van der Waals surface area contributed by atoms with E-state index in [0.29, 0.717) is 21.5 Å². The van der Waals surface area contributed by atoms with Crippen molar-refractivity contribution in [2.24, 2.45) is 0 Å². The highest BCUT2D eigenvalue weighted by atomic mass is 79.9. The van der Waals surface area contributed by atoms with E-state index in [4.69, 9.17) is 9.84 Å². The Morgan fingerprint density at radius 3 is 2.48 bits per heavy atom. The quantitative estimate of drug-likeness (QED) is 0.525. The van der Waals surface area contributed by atoms with E-state index in [1.165, 1.54) is 12.1 Å². The van der Waals surface area contributed by atoms with Crippen LogP contribution in [0.4, 0.5) is 10.5 Å². The van der Waals surface area contributed by atoms with Gasteiger partial charge in [-0.3, -0.25) is 14.9 Å². The van der Waals surface area contributed by atoms with Crippen LogP contribution in [0.1, 0.15) is 11.1 Å². The van der Waals surface area contributed by atoms with E-state index in [1.54, 1.807) is 36.4 Å². The average Bonchev–Trinajstić information content (AvgIpc) is 2.65. The number of nitrogens with zero attached hydrogens (tertiary/aromatic N) is 1. The van der Waals surface area contributed by atoms with Crippen molar-refractivity contribution in [3.05, 3.63) is 63.6 Å². The summed E-state index contributed by atoms with van der Waals surface area (Å²) in [5.41, 5.74) is 1.57. The zero-order valence-electron chi connectivity index (χ0n) is 15.1. The van der Waals surface area contributed by atoms with Crippen LogP contribution in [0.15, 0.2) is 52.5 Å². The summed E-state index contributed by atoms with van der Waals surface area (Å²) in [6.45, 7) is 1.37. The molecular formula is C20H15BrN2O6. The number of hydrogen-bond donors (Lipinski definition) is 2. The molecule has 4 amide bonds. The zero-order valence-corrected chi connectivity index (χ0v) is 16.7. The summed E-state index contributed by atoms with van der Waals surface area (Å²) in [5.74, 6) is -2.37. The molecule has 148 valence electrons. The van der Waals surface area contributed by atoms with Crippen LogP contribution in [0.5, 0.6) is 5.75 Å². The van der Waals surface area contributed by atoms with E-state index in [1.807, 2.05) is 6.92 Å². The standard InChI is InChI=1S/C20H15BrN2O6/c1-11-2-5-13(6-3-11)23-19(27)14(18(26)22-20(23)28)8-12-4-7-16(15(21)9-12)29-10-17(24)25/h2-9H,10H2,1H3,(H,24,25)(H,22,26,28)/b14-8-. The number of carbonyl (C=O) groups excluding carboxylic acids is 3. The SMILES string of the molecule is Cc1ccc(N2C(=O)NC(=O)/C(=C/c3ccc(OCC(=O)O)c(Br)c3)C2=O)cc1. The summed E-state index contributed by atoms with van der Waals surface area (Å²) < 4.78 is 5.57. The number of urea groups is 1. The summed E-state index contributed by atoms with van der Waals surface area (Å²) in [7, 11) is 0. The van der Waals surface area contributed by atoms with Gasteiger partial charge in [-0.15, -0.1) is 0 Å². The number of rotatable bonds is 5. The number of ether oxygens (including phenoxy) is 1. The van der Waals surface area contributed by atoms with Crippen molar-refractivity contribution in [2.45, 2.75) is 6.92 Å². The minimum atomic E-state index is -1.12. The lowest BCUT2D eigenvalue weighted by Gasteiger charge is -2.26. The molecule has 1 aliphatic rings. The molecule has 1 saturated heterocycles. The van der Waals surface area contributed by atoms with Gasteiger partial charge in [-0.1, -0.05) is 23.8 Å². The molecule has 0 aliphatic carbocycles. The number of aryl methyl sites for hydroxylation is 1. The number of imide groups is 2. The molecule has 9 heteroatoms. The van der Waals surface area contributed by atoms with Crippen molar-refractivity contribution in [2.75, 3.05) is 11.5 Å². The van der Waals surface area contributed by atoms with Gasteiger partial charge in [-0.2, -0.15) is 0 Å². The van der Waals surface area contributed by atoms with Gasteiger partial charge >= 0.3 is 12.0 Å². The molecule has 1 fully saturated rings. The van der Waals surface area contributed by atoms with Gasteiger partial charge in [0.25, 0.3) is 11.8 Å². The second kappa shape index (κ2) is 8.27. The second-order valence-corrected chi connectivity index (χ2v) is 7.02. The summed E-state index contributed by atoms with van der Waals surface area (Å²) in [4.78, 5) is 48.8. The minimum absolute atomic E-state index is 0.212. The van der Waals surface area contributed by atoms with Crippen LogP contribution in [0.25, 0.3) is 6.08 Å². The number of hydrogen-bond acceptors (Lipinski definition) is 5. The van der Waals surface area contributed by atoms with Crippen LogP contribution in [0, 0.1) is 6.92 Å². The first kappa shape index (κ1) is 20.3. The van der Waals surface area contributed by atoms with E-state index in [9.17, 15) is 19.2 Å². The number of nitrogens with one attached hydrogen (secondary N) is 1. The van der Waals surface area contributed by atoms with Crippen LogP contribution < -0.4 is 15.0 Å². The fourth-order valence-electron chi connectivity index (χ4n) is 2.62. The largest absolute Gasteiger partial charge is 0.481 e. The number of amides is 4. The molecule has 0 aromatic heterocycles. The number of anilines is 1. The summed E-state index contributed by atoms with van der Waals surface area (Å²) in [6, 6.07) is 10.6. The molecule has 8 nitrogen and oxygen atoms in total. The van der Waals surface area contributed by atoms with Gasteiger partial charge < -0.3 is 9.84 Å². The van der Waals surface area contributed by atoms with Gasteiger partial charge in [0, 0.05) is 0 Å². The molecule has 0 spiro atoms. The Bertz CT molecular complexity index is 1050. The molecule has 0 saturated carbocycles. The third-order valence-corrected chi connectivity index (χ3v) is 4.63. The maximum absolute atomic E-state index is 12.8. The summed E-state index contributed by atoms with van der Waals surface area (Å²) >= 11 is 3.26. The molecule has 2 N–H and O–H groups in total. The van der Waals surface area contributed by atoms with E-state index < -0.39 is 30.4 Å². The molecule has 2 aromatic carbocycles. The van der Waals surface area contributed by atoms with Gasteiger partial charge in [0.1, 0.15) is 11.3 Å². The highest BCUT2D eigenvalue weighted by Crippen LogP contribution is 2.28. The van der Waals surface area contributed by atoms with E-state index in [0.717, 1.165) is 10.5 Å². The monoisotopic (exact) mass is 458 g/mol. The van der Waals surface area contributed by atoms with Crippen LogP contribution >= 0.6 is 15.9 Å². The van der Waals surface area contributed by atoms with Gasteiger partial charge in [0.2, 0.25) is 0 Å². The molecule has 29 heavy (non-hydrogen) atoms. The molecule has 2 aromatic rings. The number of halogens is 1. The van der Waals surface area contributed by atoms with Crippen molar-refractivity contribution < 1.29 is 29.0 Å². The third kappa shape index (κ3) is 4.52. The van der Waals surface area contributed by atoms with Crippen molar-refractivity contribution in [1.29, 1.82) is 0 Å². The van der Waals surface area contributed by atoms with E-state index in [-0.39, 0.29) is 5.57 Å². The van der Waals surface area contributed by atoms with Crippen molar-refractivity contribution in [1.82, 2.24) is 5.32 Å². The number of carbonyl (C=O) groups is 4. The van der Waals surface area contributed by atoms with Crippen molar-refractivity contribution >= 4 is 51.5 Å². The highest BCUT2D eigenvalue weighted by Gasteiger charge is 2.36. The Labute approximate surface area is 173 Å². The first-order valence-corrected chi connectivity index (χ1v) is 9.18.